The summed E-state index contributed by atoms with van der Waals surface area (Å²) in [4.78, 5) is 0. The first kappa shape index (κ1) is 17.3. The van der Waals surface area contributed by atoms with E-state index in [-0.39, 0.29) is 6.61 Å². The molecule has 2 atom stereocenters. The molecule has 1 aromatic carbocycles. The molecule has 0 aromatic heterocycles. The van der Waals surface area contributed by atoms with Crippen molar-refractivity contribution in [3.63, 3.8) is 0 Å². The van der Waals surface area contributed by atoms with Crippen molar-refractivity contribution in [2.75, 3.05) is 13.2 Å². The van der Waals surface area contributed by atoms with Gasteiger partial charge in [0.15, 0.2) is 0 Å². The molecule has 0 bridgehead atoms. The normalized spacial score (nSPS) is 14.0. The summed E-state index contributed by atoms with van der Waals surface area (Å²) >= 11 is 5.80. The molecule has 1 rings (SSSR count). The zero-order valence-corrected chi connectivity index (χ0v) is 13.2. The van der Waals surface area contributed by atoms with Crippen molar-refractivity contribution in [3.05, 3.63) is 29.3 Å². The van der Waals surface area contributed by atoms with Gasteiger partial charge < -0.3 is 15.2 Å². The maximum Gasteiger partial charge on any atom is 0.119 e. The van der Waals surface area contributed by atoms with Crippen LogP contribution in [0, 0.1) is 0 Å². The zero-order valence-electron chi connectivity index (χ0n) is 12.4. The molecule has 3 nitrogen and oxygen atoms in total. The smallest absolute Gasteiger partial charge is 0.119 e. The van der Waals surface area contributed by atoms with Crippen molar-refractivity contribution in [2.24, 2.45) is 0 Å². The molecule has 20 heavy (non-hydrogen) atoms. The van der Waals surface area contributed by atoms with Gasteiger partial charge in [0.05, 0.1) is 0 Å². The summed E-state index contributed by atoms with van der Waals surface area (Å²) in [5.74, 6) is 0.726. The summed E-state index contributed by atoms with van der Waals surface area (Å²) in [7, 11) is 0. The number of aliphatic hydroxyl groups is 1. The molecule has 1 aromatic rings. The predicted molar refractivity (Wildman–Crippen MR) is 84.6 cm³/mol. The maximum absolute atomic E-state index is 9.87. The van der Waals surface area contributed by atoms with Crippen LogP contribution in [-0.4, -0.2) is 30.4 Å². The molecule has 114 valence electrons. The Morgan fingerprint density at radius 2 is 1.95 bits per heavy atom. The lowest BCUT2D eigenvalue weighted by atomic mass is 10.1. The molecule has 0 heterocycles. The van der Waals surface area contributed by atoms with Crippen molar-refractivity contribution in [1.29, 1.82) is 0 Å². The van der Waals surface area contributed by atoms with Crippen LogP contribution in [0.25, 0.3) is 0 Å². The summed E-state index contributed by atoms with van der Waals surface area (Å²) in [6.07, 6.45) is 4.40. The lowest BCUT2D eigenvalue weighted by Crippen LogP contribution is -2.36. The highest BCUT2D eigenvalue weighted by molar-refractivity contribution is 6.30. The van der Waals surface area contributed by atoms with Crippen LogP contribution < -0.4 is 10.1 Å². The van der Waals surface area contributed by atoms with Gasteiger partial charge in [0, 0.05) is 17.6 Å². The fourth-order valence-electron chi connectivity index (χ4n) is 1.92. The van der Waals surface area contributed by atoms with Crippen LogP contribution in [0.5, 0.6) is 5.75 Å². The molecule has 0 aliphatic rings. The van der Waals surface area contributed by atoms with Crippen molar-refractivity contribution in [1.82, 2.24) is 5.32 Å². The summed E-state index contributed by atoms with van der Waals surface area (Å²) in [5, 5.41) is 13.9. The number of benzene rings is 1. The number of nitrogens with one attached hydrogen (secondary N) is 1. The van der Waals surface area contributed by atoms with E-state index in [0.717, 1.165) is 12.2 Å². The summed E-state index contributed by atoms with van der Waals surface area (Å²) in [6.45, 7) is 5.20. The number of rotatable bonds is 10. The van der Waals surface area contributed by atoms with E-state index in [1.807, 2.05) is 0 Å². The van der Waals surface area contributed by atoms with E-state index in [2.05, 4.69) is 19.2 Å². The third-order valence-electron chi connectivity index (χ3n) is 3.20. The van der Waals surface area contributed by atoms with E-state index in [0.29, 0.717) is 17.6 Å². The monoisotopic (exact) mass is 299 g/mol. The molecular formula is C16H26ClNO2. The molecule has 2 unspecified atom stereocenters. The van der Waals surface area contributed by atoms with Crippen LogP contribution in [-0.2, 0) is 0 Å². The highest BCUT2D eigenvalue weighted by Gasteiger charge is 2.08. The number of ether oxygens (including phenoxy) is 1. The molecule has 0 saturated heterocycles. The van der Waals surface area contributed by atoms with Gasteiger partial charge in [-0.05, 0) is 37.6 Å². The lowest BCUT2D eigenvalue weighted by Gasteiger charge is -2.17. The van der Waals surface area contributed by atoms with Crippen molar-refractivity contribution >= 4 is 11.6 Å². The Balaban J connectivity index is 2.13. The van der Waals surface area contributed by atoms with Crippen LogP contribution in [0.2, 0.25) is 5.02 Å². The van der Waals surface area contributed by atoms with Gasteiger partial charge in [0.1, 0.15) is 18.5 Å². The van der Waals surface area contributed by atoms with E-state index in [1.54, 1.807) is 24.3 Å². The maximum atomic E-state index is 9.87. The van der Waals surface area contributed by atoms with E-state index >= 15 is 0 Å². The van der Waals surface area contributed by atoms with Crippen molar-refractivity contribution in [2.45, 2.75) is 51.7 Å². The van der Waals surface area contributed by atoms with E-state index < -0.39 is 6.10 Å². The minimum Gasteiger partial charge on any atom is -0.491 e. The van der Waals surface area contributed by atoms with Gasteiger partial charge in [-0.3, -0.25) is 0 Å². The minimum absolute atomic E-state index is 0.288. The van der Waals surface area contributed by atoms with Gasteiger partial charge >= 0.3 is 0 Å². The standard InChI is InChI=1S/C16H26ClNO2/c1-3-4-5-6-13(2)18-11-15(19)12-20-16-9-7-14(17)8-10-16/h7-10,13,15,18-19H,3-6,11-12H2,1-2H3. The second kappa shape index (κ2) is 10.0. The third-order valence-corrected chi connectivity index (χ3v) is 3.45. The highest BCUT2D eigenvalue weighted by Crippen LogP contribution is 2.15. The largest absolute Gasteiger partial charge is 0.491 e. The summed E-state index contributed by atoms with van der Waals surface area (Å²) < 4.78 is 5.50. The Labute approximate surface area is 127 Å². The number of unbranched alkanes of at least 4 members (excludes halogenated alkanes) is 2. The van der Waals surface area contributed by atoms with Gasteiger partial charge in [-0.25, -0.2) is 0 Å². The first-order valence-electron chi connectivity index (χ1n) is 7.41. The molecule has 0 aliphatic carbocycles. The summed E-state index contributed by atoms with van der Waals surface area (Å²) in [5.41, 5.74) is 0. The Kier molecular flexibility index (Phi) is 8.67. The number of aliphatic hydroxyl groups excluding tert-OH is 1. The van der Waals surface area contributed by atoms with Crippen LogP contribution in [0.4, 0.5) is 0 Å². The van der Waals surface area contributed by atoms with E-state index in [1.165, 1.54) is 19.3 Å². The van der Waals surface area contributed by atoms with Crippen molar-refractivity contribution < 1.29 is 9.84 Å². The number of hydrogen-bond acceptors (Lipinski definition) is 3. The molecule has 0 spiro atoms. The van der Waals surface area contributed by atoms with Gasteiger partial charge in [-0.15, -0.1) is 0 Å². The first-order chi connectivity index (χ1) is 9.61. The average molecular weight is 300 g/mol. The number of halogens is 1. The minimum atomic E-state index is -0.501. The fraction of sp³-hybridized carbons (Fsp3) is 0.625. The first-order valence-corrected chi connectivity index (χ1v) is 7.79. The molecule has 0 radical (unpaired) electrons. The van der Waals surface area contributed by atoms with Gasteiger partial charge in [-0.1, -0.05) is 37.8 Å². The topological polar surface area (TPSA) is 41.5 Å². The van der Waals surface area contributed by atoms with Gasteiger partial charge in [0.25, 0.3) is 0 Å². The van der Waals surface area contributed by atoms with Gasteiger partial charge in [0.2, 0.25) is 0 Å². The zero-order chi connectivity index (χ0) is 14.8. The van der Waals surface area contributed by atoms with E-state index in [4.69, 9.17) is 16.3 Å². The summed E-state index contributed by atoms with van der Waals surface area (Å²) in [6, 6.07) is 7.59. The molecule has 0 fully saturated rings. The predicted octanol–water partition coefficient (Wildman–Crippen LogP) is 3.64. The van der Waals surface area contributed by atoms with Gasteiger partial charge in [-0.2, -0.15) is 0 Å². The Morgan fingerprint density at radius 1 is 1.25 bits per heavy atom. The molecule has 2 N–H and O–H groups in total. The Morgan fingerprint density at radius 3 is 2.60 bits per heavy atom. The fourth-order valence-corrected chi connectivity index (χ4v) is 2.05. The van der Waals surface area contributed by atoms with E-state index in [9.17, 15) is 5.11 Å². The number of hydrogen-bond donors (Lipinski definition) is 2. The highest BCUT2D eigenvalue weighted by atomic mass is 35.5. The second-order valence-electron chi connectivity index (χ2n) is 5.22. The molecule has 0 saturated carbocycles. The Hall–Kier alpha value is -0.770. The Bertz CT molecular complexity index is 356. The average Bonchev–Trinajstić information content (AvgIpc) is 2.45. The molecule has 0 aliphatic heterocycles. The third kappa shape index (κ3) is 7.73. The SMILES string of the molecule is CCCCCC(C)NCC(O)COc1ccc(Cl)cc1. The molecule has 0 amide bonds. The molecular weight excluding hydrogens is 274 g/mol. The lowest BCUT2D eigenvalue weighted by molar-refractivity contribution is 0.104. The second-order valence-corrected chi connectivity index (χ2v) is 5.66. The van der Waals surface area contributed by atoms with Crippen molar-refractivity contribution in [3.8, 4) is 5.75 Å². The van der Waals surface area contributed by atoms with Crippen LogP contribution in [0.15, 0.2) is 24.3 Å². The van der Waals surface area contributed by atoms with Crippen LogP contribution >= 0.6 is 11.6 Å². The van der Waals surface area contributed by atoms with Crippen LogP contribution in [0.1, 0.15) is 39.5 Å². The molecule has 4 heteroatoms. The quantitative estimate of drug-likeness (QED) is 0.648. The van der Waals surface area contributed by atoms with Crippen LogP contribution in [0.3, 0.4) is 0 Å².